The number of hydrogen-bond acceptors (Lipinski definition) is 6. The number of aromatic nitrogens is 3. The summed E-state index contributed by atoms with van der Waals surface area (Å²) in [5.74, 6) is 1.43. The van der Waals surface area contributed by atoms with Crippen LogP contribution in [0.5, 0.6) is 0 Å². The van der Waals surface area contributed by atoms with Crippen molar-refractivity contribution in [1.82, 2.24) is 20.1 Å². The zero-order valence-electron chi connectivity index (χ0n) is 13.4. The molecule has 1 aliphatic heterocycles. The quantitative estimate of drug-likeness (QED) is 0.935. The molecule has 0 saturated carbocycles. The fraction of sp³-hybridized carbons (Fsp3) is 0.438. The van der Waals surface area contributed by atoms with Gasteiger partial charge in [0.25, 0.3) is 0 Å². The Labute approximate surface area is 131 Å². The lowest BCUT2D eigenvalue weighted by molar-refractivity contribution is 0.312. The fourth-order valence-corrected chi connectivity index (χ4v) is 2.54. The molecular formula is C16H22N6. The van der Waals surface area contributed by atoms with Crippen LogP contribution in [0.1, 0.15) is 11.1 Å². The molecule has 6 nitrogen and oxygen atoms in total. The molecule has 2 heterocycles. The minimum absolute atomic E-state index is 0.546. The first-order valence-electron chi connectivity index (χ1n) is 7.60. The third-order valence-electron chi connectivity index (χ3n) is 4.22. The predicted octanol–water partition coefficient (Wildman–Crippen LogP) is 1.98. The van der Waals surface area contributed by atoms with Gasteiger partial charge in [0.1, 0.15) is 0 Å². The smallest absolute Gasteiger partial charge is 0.249 e. The van der Waals surface area contributed by atoms with E-state index in [9.17, 15) is 0 Å². The summed E-state index contributed by atoms with van der Waals surface area (Å²) in [5, 5.41) is 11.5. The lowest BCUT2D eigenvalue weighted by Gasteiger charge is -2.32. The number of benzene rings is 1. The molecule has 0 radical (unpaired) electrons. The van der Waals surface area contributed by atoms with Crippen molar-refractivity contribution in [3.8, 4) is 0 Å². The normalized spacial score (nSPS) is 15.9. The Morgan fingerprint density at radius 3 is 2.64 bits per heavy atom. The monoisotopic (exact) mass is 298 g/mol. The van der Waals surface area contributed by atoms with E-state index in [0.29, 0.717) is 5.95 Å². The van der Waals surface area contributed by atoms with E-state index in [1.807, 2.05) is 12.1 Å². The standard InChI is InChI=1S/C16H22N6/c1-12-5-4-6-14(13(12)2)18-16-19-15(11-17-20-16)22-9-7-21(3)8-10-22/h4-6,11H,7-10H2,1-3H3,(H,18,19,20). The Kier molecular flexibility index (Phi) is 4.20. The minimum Gasteiger partial charge on any atom is -0.353 e. The maximum atomic E-state index is 4.61. The lowest BCUT2D eigenvalue weighted by Crippen LogP contribution is -2.44. The van der Waals surface area contributed by atoms with Crippen molar-refractivity contribution in [3.63, 3.8) is 0 Å². The van der Waals surface area contributed by atoms with Crippen LogP contribution in [-0.2, 0) is 0 Å². The van der Waals surface area contributed by atoms with Crippen LogP contribution in [0.15, 0.2) is 24.4 Å². The van der Waals surface area contributed by atoms with Gasteiger partial charge in [-0.3, -0.25) is 0 Å². The van der Waals surface area contributed by atoms with Gasteiger partial charge in [-0.05, 0) is 38.1 Å². The van der Waals surface area contributed by atoms with Gasteiger partial charge >= 0.3 is 0 Å². The van der Waals surface area contributed by atoms with Crippen LogP contribution in [0.2, 0.25) is 0 Å². The molecule has 1 aromatic carbocycles. The molecule has 3 rings (SSSR count). The number of nitrogens with zero attached hydrogens (tertiary/aromatic N) is 5. The zero-order chi connectivity index (χ0) is 15.5. The van der Waals surface area contributed by atoms with Gasteiger partial charge in [-0.25, -0.2) is 0 Å². The summed E-state index contributed by atoms with van der Waals surface area (Å²) in [4.78, 5) is 9.18. The molecule has 1 fully saturated rings. The second kappa shape index (κ2) is 6.27. The summed E-state index contributed by atoms with van der Waals surface area (Å²) in [6.45, 7) is 8.22. The van der Waals surface area contributed by atoms with Crippen molar-refractivity contribution in [3.05, 3.63) is 35.5 Å². The van der Waals surface area contributed by atoms with Crippen molar-refractivity contribution < 1.29 is 0 Å². The minimum atomic E-state index is 0.546. The average molecular weight is 298 g/mol. The van der Waals surface area contributed by atoms with Crippen LogP contribution in [-0.4, -0.2) is 53.3 Å². The van der Waals surface area contributed by atoms with Gasteiger partial charge in [0.05, 0.1) is 6.20 Å². The van der Waals surface area contributed by atoms with E-state index in [-0.39, 0.29) is 0 Å². The van der Waals surface area contributed by atoms with E-state index in [1.165, 1.54) is 11.1 Å². The third-order valence-corrected chi connectivity index (χ3v) is 4.22. The molecule has 1 aliphatic rings. The lowest BCUT2D eigenvalue weighted by atomic mass is 10.1. The molecule has 1 N–H and O–H groups in total. The zero-order valence-corrected chi connectivity index (χ0v) is 13.4. The highest BCUT2D eigenvalue weighted by molar-refractivity contribution is 5.60. The van der Waals surface area contributed by atoms with Crippen LogP contribution in [0, 0.1) is 13.8 Å². The van der Waals surface area contributed by atoms with E-state index >= 15 is 0 Å². The Hall–Kier alpha value is -2.21. The van der Waals surface area contributed by atoms with Gasteiger partial charge in [0.15, 0.2) is 5.82 Å². The number of piperazine rings is 1. The first-order valence-corrected chi connectivity index (χ1v) is 7.60. The number of aryl methyl sites for hydroxylation is 1. The number of rotatable bonds is 3. The van der Waals surface area contributed by atoms with Crippen LogP contribution < -0.4 is 10.2 Å². The molecule has 0 aliphatic carbocycles. The van der Waals surface area contributed by atoms with Crippen LogP contribution in [0.3, 0.4) is 0 Å². The molecule has 0 spiro atoms. The molecule has 0 atom stereocenters. The summed E-state index contributed by atoms with van der Waals surface area (Å²) < 4.78 is 0. The van der Waals surface area contributed by atoms with Crippen LogP contribution in [0.4, 0.5) is 17.5 Å². The summed E-state index contributed by atoms with van der Waals surface area (Å²) in [7, 11) is 2.14. The van der Waals surface area contributed by atoms with Crippen LogP contribution in [0.25, 0.3) is 0 Å². The number of likely N-dealkylation sites (N-methyl/N-ethyl adjacent to an activating group) is 1. The summed E-state index contributed by atoms with van der Waals surface area (Å²) >= 11 is 0. The van der Waals surface area contributed by atoms with Crippen LogP contribution >= 0.6 is 0 Å². The summed E-state index contributed by atoms with van der Waals surface area (Å²) in [6.07, 6.45) is 1.74. The van der Waals surface area contributed by atoms with E-state index < -0.39 is 0 Å². The average Bonchev–Trinajstić information content (AvgIpc) is 2.53. The van der Waals surface area contributed by atoms with E-state index in [0.717, 1.165) is 37.7 Å². The van der Waals surface area contributed by atoms with Gasteiger partial charge in [-0.2, -0.15) is 10.1 Å². The number of hydrogen-bond donors (Lipinski definition) is 1. The molecule has 0 amide bonds. The molecular weight excluding hydrogens is 276 g/mol. The Morgan fingerprint density at radius 2 is 1.86 bits per heavy atom. The predicted molar refractivity (Wildman–Crippen MR) is 88.7 cm³/mol. The summed E-state index contributed by atoms with van der Waals surface area (Å²) in [6, 6.07) is 6.16. The molecule has 6 heteroatoms. The first kappa shape index (κ1) is 14.7. The van der Waals surface area contributed by atoms with Gasteiger partial charge in [0.2, 0.25) is 5.95 Å². The molecule has 2 aromatic rings. The Morgan fingerprint density at radius 1 is 1.09 bits per heavy atom. The molecule has 22 heavy (non-hydrogen) atoms. The van der Waals surface area contributed by atoms with E-state index in [4.69, 9.17) is 0 Å². The van der Waals surface area contributed by atoms with Gasteiger partial charge in [-0.1, -0.05) is 12.1 Å². The Bertz CT molecular complexity index is 649. The van der Waals surface area contributed by atoms with E-state index in [1.54, 1.807) is 6.20 Å². The maximum Gasteiger partial charge on any atom is 0.249 e. The third kappa shape index (κ3) is 3.17. The molecule has 1 saturated heterocycles. The van der Waals surface area contributed by atoms with Crippen molar-refractivity contribution >= 4 is 17.5 Å². The van der Waals surface area contributed by atoms with Gasteiger partial charge in [-0.15, -0.1) is 5.10 Å². The number of nitrogens with one attached hydrogen (secondary N) is 1. The second-order valence-electron chi connectivity index (χ2n) is 5.80. The SMILES string of the molecule is Cc1cccc(Nc2nncc(N3CCN(C)CC3)n2)c1C. The molecule has 116 valence electrons. The Balaban J connectivity index is 1.78. The number of anilines is 3. The highest BCUT2D eigenvalue weighted by atomic mass is 15.3. The first-order chi connectivity index (χ1) is 10.6. The van der Waals surface area contributed by atoms with Gasteiger partial charge in [0, 0.05) is 31.9 Å². The topological polar surface area (TPSA) is 57.2 Å². The van der Waals surface area contributed by atoms with E-state index in [2.05, 4.69) is 57.3 Å². The van der Waals surface area contributed by atoms with Gasteiger partial charge < -0.3 is 15.1 Å². The van der Waals surface area contributed by atoms with Crippen molar-refractivity contribution in [2.45, 2.75) is 13.8 Å². The highest BCUT2D eigenvalue weighted by Gasteiger charge is 2.16. The maximum absolute atomic E-state index is 4.61. The van der Waals surface area contributed by atoms with Crippen molar-refractivity contribution in [2.24, 2.45) is 0 Å². The molecule has 0 bridgehead atoms. The van der Waals surface area contributed by atoms with Crippen molar-refractivity contribution in [1.29, 1.82) is 0 Å². The highest BCUT2D eigenvalue weighted by Crippen LogP contribution is 2.21. The molecule has 1 aromatic heterocycles. The summed E-state index contributed by atoms with van der Waals surface area (Å²) in [5.41, 5.74) is 3.47. The fourth-order valence-electron chi connectivity index (χ4n) is 2.54. The second-order valence-corrected chi connectivity index (χ2v) is 5.80. The largest absolute Gasteiger partial charge is 0.353 e. The molecule has 0 unspecified atom stereocenters. The van der Waals surface area contributed by atoms with Crippen molar-refractivity contribution in [2.75, 3.05) is 43.4 Å².